The third-order valence-corrected chi connectivity index (χ3v) is 6.64. The molecule has 2 aromatic carbocycles. The molecule has 1 N–H and O–H groups in total. The Kier molecular flexibility index (Phi) is 5.26. The Hall–Kier alpha value is -2.38. The molecule has 2 aromatic rings. The molecule has 0 aromatic heterocycles. The number of amides is 1. The van der Waals surface area contributed by atoms with Crippen LogP contribution >= 0.6 is 0 Å². The van der Waals surface area contributed by atoms with E-state index in [1.807, 2.05) is 24.3 Å². The number of nitrogens with zero attached hydrogens (tertiary/aromatic N) is 1. The molecule has 0 radical (unpaired) electrons. The second-order valence-electron chi connectivity index (χ2n) is 6.80. The summed E-state index contributed by atoms with van der Waals surface area (Å²) in [5, 5.41) is 0. The molecule has 27 heavy (non-hydrogen) atoms. The number of carbonyl (C=O) groups is 1. The average molecular weight is 388 g/mol. The predicted molar refractivity (Wildman–Crippen MR) is 105 cm³/mol. The van der Waals surface area contributed by atoms with Gasteiger partial charge in [0.1, 0.15) is 5.75 Å². The van der Waals surface area contributed by atoms with Crippen molar-refractivity contribution in [2.75, 3.05) is 18.6 Å². The standard InChI is InChI=1S/C20H24N2O4S/c1-13-11-17(26-4)12-14(2)19(13)27(24,25)21-15(3)20(23)22-10-9-16-7-5-6-8-18(16)22/h5-8,11-12,15,21H,9-10H2,1-4H3/t15-/m0/s1. The molecule has 1 heterocycles. The third kappa shape index (κ3) is 3.70. The van der Waals surface area contributed by atoms with E-state index in [1.54, 1.807) is 37.8 Å². The molecule has 0 fully saturated rings. The minimum Gasteiger partial charge on any atom is -0.497 e. The molecular formula is C20H24N2O4S. The molecule has 0 bridgehead atoms. The van der Waals surface area contributed by atoms with E-state index < -0.39 is 16.1 Å². The Morgan fingerprint density at radius 2 is 1.81 bits per heavy atom. The molecule has 0 unspecified atom stereocenters. The van der Waals surface area contributed by atoms with Gasteiger partial charge < -0.3 is 9.64 Å². The van der Waals surface area contributed by atoms with Gasteiger partial charge in [-0.2, -0.15) is 4.72 Å². The number of rotatable bonds is 5. The fourth-order valence-electron chi connectivity index (χ4n) is 3.60. The Bertz CT molecular complexity index is 962. The van der Waals surface area contributed by atoms with Gasteiger partial charge in [-0.15, -0.1) is 0 Å². The molecule has 1 amide bonds. The normalized spacial score (nSPS) is 14.7. The van der Waals surface area contributed by atoms with E-state index in [0.29, 0.717) is 23.4 Å². The summed E-state index contributed by atoms with van der Waals surface area (Å²) in [7, 11) is -2.31. The third-order valence-electron chi connectivity index (χ3n) is 4.79. The van der Waals surface area contributed by atoms with E-state index in [2.05, 4.69) is 4.72 Å². The van der Waals surface area contributed by atoms with Crippen molar-refractivity contribution in [1.82, 2.24) is 4.72 Å². The van der Waals surface area contributed by atoms with Crippen molar-refractivity contribution in [3.05, 3.63) is 53.1 Å². The number of carbonyl (C=O) groups excluding carboxylic acids is 1. The van der Waals surface area contributed by atoms with E-state index in [4.69, 9.17) is 4.74 Å². The Morgan fingerprint density at radius 1 is 1.19 bits per heavy atom. The number of sulfonamides is 1. The highest BCUT2D eigenvalue weighted by Gasteiger charge is 2.31. The van der Waals surface area contributed by atoms with Crippen LogP contribution in [0.15, 0.2) is 41.3 Å². The monoisotopic (exact) mass is 388 g/mol. The SMILES string of the molecule is COc1cc(C)c(S(=O)(=O)N[C@@H](C)C(=O)N2CCc3ccccc32)c(C)c1. The van der Waals surface area contributed by atoms with Crippen molar-refractivity contribution in [2.45, 2.75) is 38.1 Å². The summed E-state index contributed by atoms with van der Waals surface area (Å²) in [5.41, 5.74) is 3.10. The van der Waals surface area contributed by atoms with Crippen LogP contribution in [0.2, 0.25) is 0 Å². The molecule has 144 valence electrons. The summed E-state index contributed by atoms with van der Waals surface area (Å²) in [4.78, 5) is 14.7. The summed E-state index contributed by atoms with van der Waals surface area (Å²) in [6.07, 6.45) is 0.776. The molecule has 7 heteroatoms. The zero-order valence-electron chi connectivity index (χ0n) is 15.9. The van der Waals surface area contributed by atoms with Crippen LogP contribution < -0.4 is 14.4 Å². The van der Waals surface area contributed by atoms with Crippen LogP contribution in [0.5, 0.6) is 5.75 Å². The van der Waals surface area contributed by atoms with Crippen molar-refractivity contribution in [2.24, 2.45) is 0 Å². The Labute approximate surface area is 160 Å². The molecular weight excluding hydrogens is 364 g/mol. The quantitative estimate of drug-likeness (QED) is 0.854. The lowest BCUT2D eigenvalue weighted by Crippen LogP contribution is -2.46. The number of hydrogen-bond donors (Lipinski definition) is 1. The number of anilines is 1. The smallest absolute Gasteiger partial charge is 0.244 e. The van der Waals surface area contributed by atoms with Crippen LogP contribution in [0.3, 0.4) is 0 Å². The van der Waals surface area contributed by atoms with Gasteiger partial charge in [-0.25, -0.2) is 8.42 Å². The van der Waals surface area contributed by atoms with Gasteiger partial charge in [0.05, 0.1) is 18.0 Å². The van der Waals surface area contributed by atoms with Crippen molar-refractivity contribution >= 4 is 21.6 Å². The van der Waals surface area contributed by atoms with Gasteiger partial charge in [0, 0.05) is 12.2 Å². The first-order valence-electron chi connectivity index (χ1n) is 8.81. The summed E-state index contributed by atoms with van der Waals surface area (Å²) in [6.45, 7) is 5.57. The van der Waals surface area contributed by atoms with Gasteiger partial charge in [-0.1, -0.05) is 18.2 Å². The number of hydrogen-bond acceptors (Lipinski definition) is 4. The highest BCUT2D eigenvalue weighted by molar-refractivity contribution is 7.89. The maximum Gasteiger partial charge on any atom is 0.244 e. The zero-order chi connectivity index (χ0) is 19.8. The number of benzene rings is 2. The maximum atomic E-state index is 12.9. The molecule has 0 aliphatic carbocycles. The van der Waals surface area contributed by atoms with Crippen LogP contribution in [-0.2, 0) is 21.2 Å². The van der Waals surface area contributed by atoms with E-state index in [0.717, 1.165) is 17.7 Å². The second kappa shape index (κ2) is 7.32. The number of fused-ring (bicyclic) bond motifs is 1. The first-order valence-corrected chi connectivity index (χ1v) is 10.3. The molecule has 0 saturated heterocycles. The van der Waals surface area contributed by atoms with Crippen molar-refractivity contribution in [1.29, 1.82) is 0 Å². The number of aryl methyl sites for hydroxylation is 2. The van der Waals surface area contributed by atoms with Gasteiger partial charge in [-0.3, -0.25) is 4.79 Å². The van der Waals surface area contributed by atoms with Crippen molar-refractivity contribution in [3.63, 3.8) is 0 Å². The van der Waals surface area contributed by atoms with Gasteiger partial charge in [0.2, 0.25) is 15.9 Å². The minimum absolute atomic E-state index is 0.185. The topological polar surface area (TPSA) is 75.7 Å². The first-order chi connectivity index (χ1) is 12.7. The first kappa shape index (κ1) is 19.4. The summed E-state index contributed by atoms with van der Waals surface area (Å²) >= 11 is 0. The van der Waals surface area contributed by atoms with E-state index in [9.17, 15) is 13.2 Å². The van der Waals surface area contributed by atoms with Gasteiger partial charge >= 0.3 is 0 Å². The van der Waals surface area contributed by atoms with E-state index in [1.165, 1.54) is 7.11 Å². The van der Waals surface area contributed by atoms with Gasteiger partial charge in [0.25, 0.3) is 0 Å². The molecule has 6 nitrogen and oxygen atoms in total. The number of ether oxygens (including phenoxy) is 1. The maximum absolute atomic E-state index is 12.9. The highest BCUT2D eigenvalue weighted by atomic mass is 32.2. The highest BCUT2D eigenvalue weighted by Crippen LogP contribution is 2.29. The lowest BCUT2D eigenvalue weighted by molar-refractivity contribution is -0.119. The Morgan fingerprint density at radius 3 is 2.44 bits per heavy atom. The van der Waals surface area contributed by atoms with Crippen LogP contribution in [-0.4, -0.2) is 34.0 Å². The van der Waals surface area contributed by atoms with Crippen LogP contribution in [0.25, 0.3) is 0 Å². The number of nitrogens with one attached hydrogen (secondary N) is 1. The van der Waals surface area contributed by atoms with Crippen LogP contribution in [0.1, 0.15) is 23.6 Å². The summed E-state index contributed by atoms with van der Waals surface area (Å²) < 4.78 is 33.6. The molecule has 1 atom stereocenters. The van der Waals surface area contributed by atoms with Crippen molar-refractivity contribution < 1.29 is 17.9 Å². The molecule has 0 spiro atoms. The fourth-order valence-corrected chi connectivity index (χ4v) is 5.24. The number of para-hydroxylation sites is 1. The van der Waals surface area contributed by atoms with Gasteiger partial charge in [0.15, 0.2) is 0 Å². The molecule has 0 saturated carbocycles. The van der Waals surface area contributed by atoms with Crippen LogP contribution in [0, 0.1) is 13.8 Å². The second-order valence-corrected chi connectivity index (χ2v) is 8.45. The molecule has 1 aliphatic rings. The van der Waals surface area contributed by atoms with E-state index in [-0.39, 0.29) is 10.8 Å². The van der Waals surface area contributed by atoms with Crippen molar-refractivity contribution in [3.8, 4) is 5.75 Å². The van der Waals surface area contributed by atoms with Gasteiger partial charge in [-0.05, 0) is 62.1 Å². The Balaban J connectivity index is 1.83. The summed E-state index contributed by atoms with van der Waals surface area (Å²) in [6, 6.07) is 10.2. The minimum atomic E-state index is -3.85. The van der Waals surface area contributed by atoms with E-state index >= 15 is 0 Å². The largest absolute Gasteiger partial charge is 0.497 e. The zero-order valence-corrected chi connectivity index (χ0v) is 16.8. The summed E-state index contributed by atoms with van der Waals surface area (Å²) in [5.74, 6) is 0.342. The fraction of sp³-hybridized carbons (Fsp3) is 0.350. The lowest BCUT2D eigenvalue weighted by atomic mass is 10.1. The van der Waals surface area contributed by atoms with Crippen LogP contribution in [0.4, 0.5) is 5.69 Å². The average Bonchev–Trinajstić information content (AvgIpc) is 3.03. The molecule has 3 rings (SSSR count). The lowest BCUT2D eigenvalue weighted by Gasteiger charge is -2.23. The number of methoxy groups -OCH3 is 1. The predicted octanol–water partition coefficient (Wildman–Crippen LogP) is 2.57. The molecule has 1 aliphatic heterocycles.